The summed E-state index contributed by atoms with van der Waals surface area (Å²) >= 11 is 7.31. The van der Waals surface area contributed by atoms with Gasteiger partial charge < -0.3 is 0 Å². The number of nitrogens with zero attached hydrogens (tertiary/aromatic N) is 2. The van der Waals surface area contributed by atoms with Gasteiger partial charge >= 0.3 is 0 Å². The second-order valence-corrected chi connectivity index (χ2v) is 7.36. The summed E-state index contributed by atoms with van der Waals surface area (Å²) in [6, 6.07) is 10.2. The van der Waals surface area contributed by atoms with Gasteiger partial charge in [0, 0.05) is 11.3 Å². The molecule has 2 aromatic rings. The van der Waals surface area contributed by atoms with E-state index in [0.29, 0.717) is 10.9 Å². The van der Waals surface area contributed by atoms with E-state index in [-0.39, 0.29) is 16.3 Å². The smallest absolute Gasteiger partial charge is 0.266 e. The number of hydrogen-bond acceptors (Lipinski definition) is 3. The van der Waals surface area contributed by atoms with Crippen LogP contribution < -0.4 is 4.90 Å². The van der Waals surface area contributed by atoms with Crippen molar-refractivity contribution in [3.63, 3.8) is 0 Å². The second-order valence-electron chi connectivity index (χ2n) is 5.89. The van der Waals surface area contributed by atoms with Crippen LogP contribution >= 0.6 is 23.4 Å². The number of benzene rings is 2. The standard InChI is InChI=1S/C20H17ClF2N2OS/c1-2-3-10-27-20-24-18(11-13-6-4-5-7-16(13)22)19(26)25(20)14-8-9-17(23)15(21)12-14/h4-9,11-12H,2-3,10H2,1H3/b18-11-. The van der Waals surface area contributed by atoms with Gasteiger partial charge in [-0.2, -0.15) is 0 Å². The first kappa shape index (κ1) is 19.6. The molecule has 0 fully saturated rings. The van der Waals surface area contributed by atoms with E-state index in [1.54, 1.807) is 18.2 Å². The average molecular weight is 407 g/mol. The van der Waals surface area contributed by atoms with Gasteiger partial charge in [0.25, 0.3) is 5.91 Å². The number of thioether (sulfide) groups is 1. The monoisotopic (exact) mass is 406 g/mol. The molecule has 3 nitrogen and oxygen atoms in total. The van der Waals surface area contributed by atoms with Gasteiger partial charge in [-0.05, 0) is 36.8 Å². The number of rotatable bonds is 5. The molecule has 0 N–H and O–H groups in total. The lowest BCUT2D eigenvalue weighted by molar-refractivity contribution is -0.113. The molecule has 0 radical (unpaired) electrons. The van der Waals surface area contributed by atoms with Crippen LogP contribution in [0.25, 0.3) is 6.08 Å². The minimum Gasteiger partial charge on any atom is -0.266 e. The number of unbranched alkanes of at least 4 members (excludes halogenated alkanes) is 1. The van der Waals surface area contributed by atoms with Crippen LogP contribution in [0.2, 0.25) is 5.02 Å². The lowest BCUT2D eigenvalue weighted by Crippen LogP contribution is -2.30. The van der Waals surface area contributed by atoms with Crippen LogP contribution in [0.4, 0.5) is 14.5 Å². The van der Waals surface area contributed by atoms with E-state index < -0.39 is 17.5 Å². The molecule has 7 heteroatoms. The maximum absolute atomic E-state index is 14.0. The Hall–Kier alpha value is -2.18. The summed E-state index contributed by atoms with van der Waals surface area (Å²) in [5, 5.41) is 0.392. The van der Waals surface area contributed by atoms with Gasteiger partial charge in [0.2, 0.25) is 0 Å². The summed E-state index contributed by atoms with van der Waals surface area (Å²) in [5.74, 6) is -0.621. The molecular weight excluding hydrogens is 390 g/mol. The third kappa shape index (κ3) is 4.39. The van der Waals surface area contributed by atoms with Crippen molar-refractivity contribution in [2.45, 2.75) is 19.8 Å². The highest BCUT2D eigenvalue weighted by Crippen LogP contribution is 2.32. The second kappa shape index (κ2) is 8.67. The Bertz CT molecular complexity index is 930. The fourth-order valence-electron chi connectivity index (χ4n) is 2.49. The summed E-state index contributed by atoms with van der Waals surface area (Å²) in [6.07, 6.45) is 3.39. The van der Waals surface area contributed by atoms with E-state index in [1.807, 2.05) is 0 Å². The van der Waals surface area contributed by atoms with Gasteiger partial charge in [0.15, 0.2) is 5.17 Å². The zero-order valence-electron chi connectivity index (χ0n) is 14.6. The minimum absolute atomic E-state index is 0.0789. The SMILES string of the molecule is CCCCSC1=N/C(=C\c2ccccc2F)C(=O)N1c1ccc(F)c(Cl)c1. The first-order chi connectivity index (χ1) is 13.0. The summed E-state index contributed by atoms with van der Waals surface area (Å²) in [5.41, 5.74) is 0.826. The molecule has 3 rings (SSSR count). The van der Waals surface area contributed by atoms with Crippen LogP contribution in [0.1, 0.15) is 25.3 Å². The van der Waals surface area contributed by atoms with E-state index in [0.717, 1.165) is 18.6 Å². The highest BCUT2D eigenvalue weighted by atomic mass is 35.5. The molecule has 0 unspecified atom stereocenters. The van der Waals surface area contributed by atoms with E-state index in [4.69, 9.17) is 11.6 Å². The quantitative estimate of drug-likeness (QED) is 0.457. The topological polar surface area (TPSA) is 32.7 Å². The summed E-state index contributed by atoms with van der Waals surface area (Å²) in [7, 11) is 0. The molecule has 0 saturated heterocycles. The molecule has 0 aliphatic carbocycles. The van der Waals surface area contributed by atoms with Gasteiger partial charge in [-0.1, -0.05) is 54.9 Å². The van der Waals surface area contributed by atoms with Crippen molar-refractivity contribution in [2.24, 2.45) is 4.99 Å². The molecule has 0 aromatic heterocycles. The van der Waals surface area contributed by atoms with Crippen molar-refractivity contribution in [1.82, 2.24) is 0 Å². The zero-order valence-corrected chi connectivity index (χ0v) is 16.2. The molecule has 1 amide bonds. The van der Waals surface area contributed by atoms with Crippen molar-refractivity contribution in [2.75, 3.05) is 10.7 Å². The Kier molecular flexibility index (Phi) is 6.29. The predicted molar refractivity (Wildman–Crippen MR) is 108 cm³/mol. The molecule has 1 aliphatic rings. The number of carbonyl (C=O) groups is 1. The molecule has 1 heterocycles. The number of halogens is 3. The summed E-state index contributed by atoms with van der Waals surface area (Å²) < 4.78 is 27.5. The van der Waals surface area contributed by atoms with Crippen molar-refractivity contribution < 1.29 is 13.6 Å². The van der Waals surface area contributed by atoms with Crippen LogP contribution in [0, 0.1) is 11.6 Å². The average Bonchev–Trinajstić information content (AvgIpc) is 2.95. The first-order valence-corrected chi connectivity index (χ1v) is 9.85. The Morgan fingerprint density at radius 1 is 1.19 bits per heavy atom. The maximum atomic E-state index is 14.0. The molecular formula is C20H17ClF2N2OS. The lowest BCUT2D eigenvalue weighted by atomic mass is 10.1. The van der Waals surface area contributed by atoms with Crippen molar-refractivity contribution in [1.29, 1.82) is 0 Å². The molecule has 0 saturated carbocycles. The molecule has 0 atom stereocenters. The summed E-state index contributed by atoms with van der Waals surface area (Å²) in [4.78, 5) is 18.7. The van der Waals surface area contributed by atoms with Crippen molar-refractivity contribution in [3.05, 3.63) is 70.4 Å². The molecule has 2 aromatic carbocycles. The molecule has 27 heavy (non-hydrogen) atoms. The van der Waals surface area contributed by atoms with Gasteiger partial charge in [-0.25, -0.2) is 13.8 Å². The number of carbonyl (C=O) groups excluding carboxylic acids is 1. The molecule has 0 bridgehead atoms. The van der Waals surface area contributed by atoms with Gasteiger partial charge in [-0.3, -0.25) is 9.69 Å². The molecule has 1 aliphatic heterocycles. The van der Waals surface area contributed by atoms with Crippen LogP contribution in [0.5, 0.6) is 0 Å². The van der Waals surface area contributed by atoms with Crippen LogP contribution in [0.15, 0.2) is 53.2 Å². The maximum Gasteiger partial charge on any atom is 0.283 e. The number of aliphatic imine (C=N–C) groups is 1. The van der Waals surface area contributed by atoms with Gasteiger partial charge in [0.05, 0.1) is 10.7 Å². The number of anilines is 1. The van der Waals surface area contributed by atoms with E-state index in [9.17, 15) is 13.6 Å². The largest absolute Gasteiger partial charge is 0.283 e. The van der Waals surface area contributed by atoms with Gasteiger partial charge in [0.1, 0.15) is 17.3 Å². The fourth-order valence-corrected chi connectivity index (χ4v) is 3.76. The van der Waals surface area contributed by atoms with Crippen molar-refractivity contribution in [3.8, 4) is 0 Å². The minimum atomic E-state index is -0.564. The Balaban J connectivity index is 1.99. The van der Waals surface area contributed by atoms with E-state index in [1.165, 1.54) is 47.0 Å². The van der Waals surface area contributed by atoms with Crippen molar-refractivity contribution >= 4 is 46.2 Å². The molecule has 0 spiro atoms. The highest BCUT2D eigenvalue weighted by molar-refractivity contribution is 8.14. The Morgan fingerprint density at radius 3 is 2.67 bits per heavy atom. The van der Waals surface area contributed by atoms with E-state index in [2.05, 4.69) is 11.9 Å². The number of hydrogen-bond donors (Lipinski definition) is 0. The van der Waals surface area contributed by atoms with Crippen LogP contribution in [0.3, 0.4) is 0 Å². The van der Waals surface area contributed by atoms with Crippen LogP contribution in [-0.2, 0) is 4.79 Å². The Labute approximate surface area is 165 Å². The number of amidine groups is 1. The third-order valence-corrected chi connectivity index (χ3v) is 5.23. The van der Waals surface area contributed by atoms with Gasteiger partial charge in [-0.15, -0.1) is 0 Å². The number of amides is 1. The fraction of sp³-hybridized carbons (Fsp3) is 0.200. The third-order valence-electron chi connectivity index (χ3n) is 3.92. The predicted octanol–water partition coefficient (Wildman–Crippen LogP) is 5.90. The Morgan fingerprint density at radius 2 is 1.96 bits per heavy atom. The van der Waals surface area contributed by atoms with Crippen LogP contribution in [-0.4, -0.2) is 16.8 Å². The lowest BCUT2D eigenvalue weighted by Gasteiger charge is -2.18. The molecule has 140 valence electrons. The normalized spacial score (nSPS) is 15.6. The van der Waals surface area contributed by atoms with E-state index >= 15 is 0 Å². The zero-order chi connectivity index (χ0) is 19.4. The highest BCUT2D eigenvalue weighted by Gasteiger charge is 2.32. The summed E-state index contributed by atoms with van der Waals surface area (Å²) in [6.45, 7) is 2.07. The first-order valence-electron chi connectivity index (χ1n) is 8.48.